The summed E-state index contributed by atoms with van der Waals surface area (Å²) in [6.07, 6.45) is -3.86. The molecule has 0 aliphatic carbocycles. The Morgan fingerprint density at radius 2 is 1.83 bits per heavy atom. The third kappa shape index (κ3) is 5.72. The van der Waals surface area contributed by atoms with Gasteiger partial charge in [0.15, 0.2) is 0 Å². The zero-order chi connectivity index (χ0) is 21.7. The van der Waals surface area contributed by atoms with Crippen molar-refractivity contribution in [1.82, 2.24) is 20.2 Å². The van der Waals surface area contributed by atoms with E-state index in [0.29, 0.717) is 16.5 Å². The summed E-state index contributed by atoms with van der Waals surface area (Å²) in [5.41, 5.74) is 2.28. The van der Waals surface area contributed by atoms with Crippen molar-refractivity contribution in [2.75, 3.05) is 5.32 Å². The number of aryl methyl sites for hydroxylation is 1. The highest BCUT2D eigenvalue weighted by Crippen LogP contribution is 2.27. The number of nitrogens with one attached hydrogen (secondary N) is 1. The van der Waals surface area contributed by atoms with Crippen LogP contribution in [0.25, 0.3) is 5.69 Å². The molecule has 30 heavy (non-hydrogen) atoms. The van der Waals surface area contributed by atoms with Crippen LogP contribution in [0.15, 0.2) is 53.7 Å². The summed E-state index contributed by atoms with van der Waals surface area (Å²) in [4.78, 5) is 12.5. The predicted octanol–water partition coefficient (Wildman–Crippen LogP) is 4.24. The first-order valence-corrected chi connectivity index (χ1v) is 9.84. The number of thioether (sulfide) groups is 1. The molecule has 11 heteroatoms. The van der Waals surface area contributed by atoms with Crippen molar-refractivity contribution in [1.29, 1.82) is 0 Å². The summed E-state index contributed by atoms with van der Waals surface area (Å²) in [7, 11) is 0. The molecule has 0 radical (unpaired) electrons. The molecule has 1 heterocycles. The van der Waals surface area contributed by atoms with Crippen molar-refractivity contribution < 1.29 is 22.7 Å². The molecule has 1 unspecified atom stereocenters. The molecule has 0 fully saturated rings. The van der Waals surface area contributed by atoms with Crippen LogP contribution in [-0.2, 0) is 11.2 Å². The normalized spacial score (nSPS) is 12.4. The van der Waals surface area contributed by atoms with Gasteiger partial charge < -0.3 is 10.1 Å². The number of hydrogen-bond acceptors (Lipinski definition) is 6. The minimum atomic E-state index is -4.77. The summed E-state index contributed by atoms with van der Waals surface area (Å²) in [6, 6.07) is 12.7. The lowest BCUT2D eigenvalue weighted by atomic mass is 10.1. The molecule has 0 aliphatic rings. The maximum Gasteiger partial charge on any atom is 0.573 e. The molecule has 1 aromatic heterocycles. The minimum Gasteiger partial charge on any atom is -0.406 e. The van der Waals surface area contributed by atoms with Crippen molar-refractivity contribution in [3.05, 3.63) is 54.1 Å². The van der Waals surface area contributed by atoms with Crippen LogP contribution in [0.5, 0.6) is 5.75 Å². The molecular formula is C19H18F3N5O2S. The van der Waals surface area contributed by atoms with Crippen LogP contribution in [0.2, 0.25) is 0 Å². The number of carbonyl (C=O) groups is 1. The van der Waals surface area contributed by atoms with E-state index in [1.54, 1.807) is 6.92 Å². The number of aromatic nitrogens is 4. The number of rotatable bonds is 7. The first kappa shape index (κ1) is 21.6. The summed E-state index contributed by atoms with van der Waals surface area (Å²) >= 11 is 1.12. The zero-order valence-electron chi connectivity index (χ0n) is 16.1. The molecule has 2 aromatic carbocycles. The smallest absolute Gasteiger partial charge is 0.406 e. The monoisotopic (exact) mass is 437 g/mol. The molecule has 0 saturated heterocycles. The SMILES string of the molecule is CCc1ccc(NC(=O)C(C)Sc2nnnn2-c2ccc(OC(F)(F)F)cc2)cc1. The summed E-state index contributed by atoms with van der Waals surface area (Å²) in [5.74, 6) is -0.580. The predicted molar refractivity (Wildman–Crippen MR) is 106 cm³/mol. The molecule has 0 spiro atoms. The number of nitrogens with zero attached hydrogens (tertiary/aromatic N) is 4. The minimum absolute atomic E-state index is 0.229. The second-order valence-electron chi connectivity index (χ2n) is 6.21. The van der Waals surface area contributed by atoms with Crippen LogP contribution >= 0.6 is 11.8 Å². The fourth-order valence-corrected chi connectivity index (χ4v) is 3.29. The van der Waals surface area contributed by atoms with Crippen LogP contribution in [0.1, 0.15) is 19.4 Å². The Morgan fingerprint density at radius 1 is 1.17 bits per heavy atom. The fraction of sp³-hybridized carbons (Fsp3) is 0.263. The van der Waals surface area contributed by atoms with Gasteiger partial charge in [0, 0.05) is 5.69 Å². The second-order valence-corrected chi connectivity index (χ2v) is 7.52. The van der Waals surface area contributed by atoms with Crippen LogP contribution < -0.4 is 10.1 Å². The van der Waals surface area contributed by atoms with Crippen LogP contribution in [-0.4, -0.2) is 37.7 Å². The Balaban J connectivity index is 1.66. The Morgan fingerprint density at radius 3 is 2.43 bits per heavy atom. The van der Waals surface area contributed by atoms with Crippen molar-refractivity contribution in [2.24, 2.45) is 0 Å². The molecule has 1 N–H and O–H groups in total. The van der Waals surface area contributed by atoms with E-state index in [2.05, 4.69) is 25.6 Å². The number of hydrogen-bond donors (Lipinski definition) is 1. The fourth-order valence-electron chi connectivity index (χ4n) is 2.48. The molecular weight excluding hydrogens is 419 g/mol. The highest BCUT2D eigenvalue weighted by atomic mass is 32.2. The third-order valence-corrected chi connectivity index (χ3v) is 5.07. The van der Waals surface area contributed by atoms with E-state index in [0.717, 1.165) is 30.3 Å². The van der Waals surface area contributed by atoms with Gasteiger partial charge in [0.1, 0.15) is 5.75 Å². The number of halogens is 3. The van der Waals surface area contributed by atoms with Crippen LogP contribution in [0, 0.1) is 0 Å². The number of anilines is 1. The lowest BCUT2D eigenvalue weighted by molar-refractivity contribution is -0.274. The average molecular weight is 437 g/mol. The van der Waals surface area contributed by atoms with E-state index in [1.165, 1.54) is 22.4 Å². The molecule has 3 aromatic rings. The maximum atomic E-state index is 12.5. The second kappa shape index (κ2) is 9.16. The van der Waals surface area contributed by atoms with Crippen molar-refractivity contribution in [2.45, 2.75) is 37.0 Å². The van der Waals surface area contributed by atoms with Gasteiger partial charge in [-0.1, -0.05) is 30.8 Å². The van der Waals surface area contributed by atoms with Crippen molar-refractivity contribution >= 4 is 23.4 Å². The number of tetrazole rings is 1. The molecule has 3 rings (SSSR count). The van der Waals surface area contributed by atoms with Gasteiger partial charge in [-0.3, -0.25) is 4.79 Å². The topological polar surface area (TPSA) is 81.9 Å². The first-order valence-electron chi connectivity index (χ1n) is 8.96. The maximum absolute atomic E-state index is 12.5. The molecule has 158 valence electrons. The van der Waals surface area contributed by atoms with Gasteiger partial charge in [-0.2, -0.15) is 4.68 Å². The molecule has 1 amide bonds. The largest absolute Gasteiger partial charge is 0.573 e. The molecule has 1 atom stereocenters. The number of benzene rings is 2. The standard InChI is InChI=1S/C19H18F3N5O2S/c1-3-13-4-6-14(7-5-13)23-17(28)12(2)30-18-24-25-26-27(18)15-8-10-16(11-9-15)29-19(20,21)22/h4-12H,3H2,1-2H3,(H,23,28). The van der Waals surface area contributed by atoms with Gasteiger partial charge in [0.05, 0.1) is 10.9 Å². The molecule has 0 saturated carbocycles. The van der Waals surface area contributed by atoms with E-state index < -0.39 is 11.6 Å². The lowest BCUT2D eigenvalue weighted by Gasteiger charge is -2.12. The average Bonchev–Trinajstić information content (AvgIpc) is 3.16. The van der Waals surface area contributed by atoms with Crippen LogP contribution in [0.3, 0.4) is 0 Å². The van der Waals surface area contributed by atoms with E-state index in [1.807, 2.05) is 31.2 Å². The Bertz CT molecular complexity index is 991. The lowest BCUT2D eigenvalue weighted by Crippen LogP contribution is -2.23. The highest BCUT2D eigenvalue weighted by Gasteiger charge is 2.31. The van der Waals surface area contributed by atoms with Crippen LogP contribution in [0.4, 0.5) is 18.9 Å². The third-order valence-electron chi connectivity index (χ3n) is 4.04. The summed E-state index contributed by atoms with van der Waals surface area (Å²) < 4.78 is 42.1. The van der Waals surface area contributed by atoms with Gasteiger partial charge >= 0.3 is 6.36 Å². The number of ether oxygens (including phenoxy) is 1. The molecule has 0 aliphatic heterocycles. The van der Waals surface area contributed by atoms with E-state index >= 15 is 0 Å². The summed E-state index contributed by atoms with van der Waals surface area (Å²) in [6.45, 7) is 3.76. The summed E-state index contributed by atoms with van der Waals surface area (Å²) in [5, 5.41) is 14.0. The highest BCUT2D eigenvalue weighted by molar-refractivity contribution is 8.00. The Labute approximate surface area is 174 Å². The number of amides is 1. The van der Waals surface area contributed by atoms with Crippen molar-refractivity contribution in [3.63, 3.8) is 0 Å². The van der Waals surface area contributed by atoms with E-state index in [-0.39, 0.29) is 11.7 Å². The Kier molecular flexibility index (Phi) is 6.60. The van der Waals surface area contributed by atoms with E-state index in [4.69, 9.17) is 0 Å². The zero-order valence-corrected chi connectivity index (χ0v) is 16.9. The van der Waals surface area contributed by atoms with Gasteiger partial charge in [0.2, 0.25) is 11.1 Å². The number of carbonyl (C=O) groups excluding carboxylic acids is 1. The number of alkyl halides is 3. The molecule has 0 bridgehead atoms. The van der Waals surface area contributed by atoms with Crippen molar-refractivity contribution in [3.8, 4) is 11.4 Å². The first-order chi connectivity index (χ1) is 14.2. The van der Waals surface area contributed by atoms with E-state index in [9.17, 15) is 18.0 Å². The molecule has 7 nitrogen and oxygen atoms in total. The van der Waals surface area contributed by atoms with Gasteiger partial charge in [-0.25, -0.2) is 0 Å². The quantitative estimate of drug-likeness (QED) is 0.557. The van der Waals surface area contributed by atoms with Gasteiger partial charge in [-0.05, 0) is 65.7 Å². The van der Waals surface area contributed by atoms with Gasteiger partial charge in [-0.15, -0.1) is 18.3 Å². The Hall–Kier alpha value is -3.08. The van der Waals surface area contributed by atoms with Gasteiger partial charge in [0.25, 0.3) is 0 Å².